The van der Waals surface area contributed by atoms with E-state index in [1.54, 1.807) is 13.2 Å². The molecule has 2 N–H and O–H groups in total. The fourth-order valence-electron chi connectivity index (χ4n) is 3.78. The van der Waals surface area contributed by atoms with Crippen LogP contribution in [0.5, 0.6) is 11.5 Å². The second kappa shape index (κ2) is 7.05. The number of para-hydroxylation sites is 1. The summed E-state index contributed by atoms with van der Waals surface area (Å²) in [6.45, 7) is 0. The first-order chi connectivity index (χ1) is 13.2. The van der Waals surface area contributed by atoms with Crippen LogP contribution in [0.3, 0.4) is 0 Å². The molecule has 27 heavy (non-hydrogen) atoms. The van der Waals surface area contributed by atoms with E-state index >= 15 is 0 Å². The van der Waals surface area contributed by atoms with E-state index in [2.05, 4.69) is 11.4 Å². The Balaban J connectivity index is 1.79. The summed E-state index contributed by atoms with van der Waals surface area (Å²) in [6, 6.07) is 23.4. The van der Waals surface area contributed by atoms with E-state index in [0.717, 1.165) is 34.5 Å². The molecular weight excluding hydrogens is 336 g/mol. The van der Waals surface area contributed by atoms with Crippen molar-refractivity contribution in [1.82, 2.24) is 0 Å². The largest absolute Gasteiger partial charge is 0.508 e. The number of hydrogen-bond donors (Lipinski definition) is 2. The van der Waals surface area contributed by atoms with E-state index in [4.69, 9.17) is 10.00 Å². The number of nitrogens with zero attached hydrogens (tertiary/aromatic N) is 1. The van der Waals surface area contributed by atoms with Crippen LogP contribution in [-0.2, 0) is 0 Å². The zero-order valence-corrected chi connectivity index (χ0v) is 15.0. The molecule has 0 unspecified atom stereocenters. The van der Waals surface area contributed by atoms with Crippen LogP contribution in [0.1, 0.15) is 40.6 Å². The van der Waals surface area contributed by atoms with Crippen LogP contribution in [0.4, 0.5) is 5.69 Å². The van der Waals surface area contributed by atoms with Gasteiger partial charge >= 0.3 is 0 Å². The summed E-state index contributed by atoms with van der Waals surface area (Å²) >= 11 is 0. The number of phenolic OH excluding ortho intramolecular Hbond substituents is 1. The van der Waals surface area contributed by atoms with Gasteiger partial charge in [0.05, 0.1) is 24.8 Å². The molecule has 0 spiro atoms. The number of benzene rings is 3. The molecule has 0 radical (unpaired) electrons. The number of anilines is 1. The zero-order chi connectivity index (χ0) is 18.8. The van der Waals surface area contributed by atoms with Gasteiger partial charge in [-0.15, -0.1) is 0 Å². The first-order valence-electron chi connectivity index (χ1n) is 8.92. The molecule has 1 aliphatic heterocycles. The Morgan fingerprint density at radius 2 is 1.81 bits per heavy atom. The van der Waals surface area contributed by atoms with Gasteiger partial charge in [0.15, 0.2) is 0 Å². The lowest BCUT2D eigenvalue weighted by Gasteiger charge is -2.34. The Hall–Kier alpha value is -3.45. The SMILES string of the molecule is COc1ccc2c(c1)[C@@H](c1ccccc1O)C[C@@H](c1ccc(C#N)cc1)N2. The van der Waals surface area contributed by atoms with E-state index in [9.17, 15) is 5.11 Å². The molecule has 134 valence electrons. The maximum absolute atomic E-state index is 10.5. The van der Waals surface area contributed by atoms with Crippen molar-refractivity contribution in [2.75, 3.05) is 12.4 Å². The second-order valence-electron chi connectivity index (χ2n) is 6.73. The molecule has 4 nitrogen and oxygen atoms in total. The minimum absolute atomic E-state index is 0.0400. The summed E-state index contributed by atoms with van der Waals surface area (Å²) in [5.74, 6) is 1.14. The molecule has 0 fully saturated rings. The van der Waals surface area contributed by atoms with Crippen LogP contribution in [0.15, 0.2) is 66.7 Å². The smallest absolute Gasteiger partial charge is 0.119 e. The first-order valence-corrected chi connectivity index (χ1v) is 8.92. The van der Waals surface area contributed by atoms with Crippen molar-refractivity contribution in [2.45, 2.75) is 18.4 Å². The van der Waals surface area contributed by atoms with Gasteiger partial charge in [0, 0.05) is 17.2 Å². The van der Waals surface area contributed by atoms with Gasteiger partial charge in [-0.05, 0) is 53.9 Å². The van der Waals surface area contributed by atoms with Gasteiger partial charge in [0.1, 0.15) is 11.5 Å². The Kier molecular flexibility index (Phi) is 4.43. The summed E-state index contributed by atoms with van der Waals surface area (Å²) in [7, 11) is 1.66. The standard InChI is InChI=1S/C23H20N2O2/c1-27-17-10-11-21-20(12-17)19(18-4-2-3-5-23(18)26)13-22(25-21)16-8-6-15(14-24)7-9-16/h2-12,19,22,25-26H,13H2,1H3/t19-,22+/m1/s1. The van der Waals surface area contributed by atoms with E-state index in [1.165, 1.54) is 0 Å². The van der Waals surface area contributed by atoms with Gasteiger partial charge in [-0.3, -0.25) is 0 Å². The number of ether oxygens (including phenoxy) is 1. The number of methoxy groups -OCH3 is 1. The van der Waals surface area contributed by atoms with Gasteiger partial charge in [-0.25, -0.2) is 0 Å². The Labute approximate surface area is 158 Å². The first kappa shape index (κ1) is 17.0. The van der Waals surface area contributed by atoms with E-state index in [0.29, 0.717) is 11.3 Å². The summed E-state index contributed by atoms with van der Waals surface area (Å²) in [6.07, 6.45) is 0.795. The predicted octanol–water partition coefficient (Wildman–Crippen LogP) is 4.96. The molecule has 0 saturated carbocycles. The molecule has 1 aliphatic rings. The minimum atomic E-state index is 0.0400. The third kappa shape index (κ3) is 3.20. The minimum Gasteiger partial charge on any atom is -0.508 e. The van der Waals surface area contributed by atoms with Crippen molar-refractivity contribution < 1.29 is 9.84 Å². The van der Waals surface area contributed by atoms with Gasteiger partial charge < -0.3 is 15.2 Å². The van der Waals surface area contributed by atoms with Gasteiger partial charge in [-0.2, -0.15) is 5.26 Å². The number of aromatic hydroxyl groups is 1. The van der Waals surface area contributed by atoms with Crippen molar-refractivity contribution in [1.29, 1.82) is 5.26 Å². The molecule has 2 atom stereocenters. The van der Waals surface area contributed by atoms with Crippen LogP contribution in [0.2, 0.25) is 0 Å². The highest BCUT2D eigenvalue weighted by atomic mass is 16.5. The molecule has 4 rings (SSSR count). The van der Waals surface area contributed by atoms with Crippen LogP contribution >= 0.6 is 0 Å². The van der Waals surface area contributed by atoms with Crippen molar-refractivity contribution in [2.24, 2.45) is 0 Å². The second-order valence-corrected chi connectivity index (χ2v) is 6.73. The lowest BCUT2D eigenvalue weighted by Crippen LogP contribution is -2.22. The van der Waals surface area contributed by atoms with Gasteiger partial charge in [-0.1, -0.05) is 30.3 Å². The maximum Gasteiger partial charge on any atom is 0.119 e. The lowest BCUT2D eigenvalue weighted by atomic mass is 9.80. The molecule has 4 heteroatoms. The molecule has 3 aromatic carbocycles. The topological polar surface area (TPSA) is 65.3 Å². The Bertz CT molecular complexity index is 1010. The van der Waals surface area contributed by atoms with E-state index in [-0.39, 0.29) is 12.0 Å². The molecule has 1 heterocycles. The summed E-state index contributed by atoms with van der Waals surface area (Å²) in [5.41, 5.74) is 4.82. The third-order valence-electron chi connectivity index (χ3n) is 5.19. The predicted molar refractivity (Wildman–Crippen MR) is 105 cm³/mol. The van der Waals surface area contributed by atoms with Crippen LogP contribution in [0.25, 0.3) is 0 Å². The average molecular weight is 356 g/mol. The molecular formula is C23H20N2O2. The summed E-state index contributed by atoms with van der Waals surface area (Å²) in [4.78, 5) is 0. The van der Waals surface area contributed by atoms with Crippen molar-refractivity contribution >= 4 is 5.69 Å². The normalized spacial score (nSPS) is 18.1. The quantitative estimate of drug-likeness (QED) is 0.696. The van der Waals surface area contributed by atoms with Gasteiger partial charge in [0.25, 0.3) is 0 Å². The van der Waals surface area contributed by atoms with Crippen molar-refractivity contribution in [3.8, 4) is 17.6 Å². The highest BCUT2D eigenvalue weighted by Crippen LogP contribution is 2.46. The Morgan fingerprint density at radius 1 is 1.04 bits per heavy atom. The summed E-state index contributed by atoms with van der Waals surface area (Å²) < 4.78 is 5.41. The number of nitrogens with one attached hydrogen (secondary N) is 1. The number of rotatable bonds is 3. The zero-order valence-electron chi connectivity index (χ0n) is 15.0. The van der Waals surface area contributed by atoms with E-state index < -0.39 is 0 Å². The molecule has 0 amide bonds. The highest BCUT2D eigenvalue weighted by molar-refractivity contribution is 5.62. The van der Waals surface area contributed by atoms with Crippen LogP contribution < -0.4 is 10.1 Å². The number of nitriles is 1. The molecule has 0 bridgehead atoms. The molecule has 3 aromatic rings. The Morgan fingerprint density at radius 3 is 2.52 bits per heavy atom. The van der Waals surface area contributed by atoms with Gasteiger partial charge in [0.2, 0.25) is 0 Å². The highest BCUT2D eigenvalue weighted by Gasteiger charge is 2.30. The third-order valence-corrected chi connectivity index (χ3v) is 5.19. The van der Waals surface area contributed by atoms with E-state index in [1.807, 2.05) is 60.7 Å². The number of phenols is 1. The number of hydrogen-bond acceptors (Lipinski definition) is 4. The summed E-state index contributed by atoms with van der Waals surface area (Å²) in [5, 5.41) is 23.1. The number of fused-ring (bicyclic) bond motifs is 1. The fraction of sp³-hybridized carbons (Fsp3) is 0.174. The van der Waals surface area contributed by atoms with Crippen molar-refractivity contribution in [3.63, 3.8) is 0 Å². The average Bonchev–Trinajstić information content (AvgIpc) is 2.73. The lowest BCUT2D eigenvalue weighted by molar-refractivity contribution is 0.413. The fourth-order valence-corrected chi connectivity index (χ4v) is 3.78. The van der Waals surface area contributed by atoms with Crippen LogP contribution in [0, 0.1) is 11.3 Å². The molecule has 0 aliphatic carbocycles. The van der Waals surface area contributed by atoms with Crippen LogP contribution in [-0.4, -0.2) is 12.2 Å². The maximum atomic E-state index is 10.5. The molecule has 0 saturated heterocycles. The monoisotopic (exact) mass is 356 g/mol. The van der Waals surface area contributed by atoms with Crippen molar-refractivity contribution in [3.05, 3.63) is 89.0 Å². The molecule has 0 aromatic heterocycles.